The lowest BCUT2D eigenvalue weighted by Gasteiger charge is -2.20. The first kappa shape index (κ1) is 10.4. The third kappa shape index (κ3) is 1.96. The van der Waals surface area contributed by atoms with Crippen LogP contribution in [0.2, 0.25) is 0 Å². The number of guanidine groups is 1. The lowest BCUT2D eigenvalue weighted by molar-refractivity contribution is 1.09. The van der Waals surface area contributed by atoms with Crippen LogP contribution < -0.4 is 16.5 Å². The molecule has 1 aromatic carbocycles. The van der Waals surface area contributed by atoms with E-state index in [1.54, 1.807) is 4.90 Å². The first-order chi connectivity index (χ1) is 6.70. The molecule has 0 atom stereocenters. The number of anilines is 1. The lowest BCUT2D eigenvalue weighted by atomic mass is 10.1. The molecule has 0 aromatic heterocycles. The summed E-state index contributed by atoms with van der Waals surface area (Å²) in [4.78, 5) is 1.78. The fraction of sp³-hybridized carbons (Fsp3) is 0.300. The second kappa shape index (κ2) is 4.50. The molecule has 0 aliphatic rings. The molecular weight excluding hydrogens is 176 g/mol. The van der Waals surface area contributed by atoms with Crippen LogP contribution in [-0.4, -0.2) is 13.0 Å². The molecule has 0 unspecified atom stereocenters. The van der Waals surface area contributed by atoms with Crippen LogP contribution in [0.4, 0.5) is 5.69 Å². The summed E-state index contributed by atoms with van der Waals surface area (Å²) < 4.78 is 0. The molecule has 0 aliphatic heterocycles. The van der Waals surface area contributed by atoms with E-state index in [0.29, 0.717) is 5.96 Å². The number of para-hydroxylation sites is 1. The molecule has 1 aromatic rings. The number of hydrogen-bond acceptors (Lipinski definition) is 2. The molecule has 0 fully saturated rings. The Labute approximate surface area is 84.2 Å². The zero-order valence-corrected chi connectivity index (χ0v) is 8.57. The Bertz CT molecular complexity index is 333. The second-order valence-electron chi connectivity index (χ2n) is 3.03. The minimum atomic E-state index is 0.311. The number of hydrogen-bond donors (Lipinski definition) is 2. The third-order valence-corrected chi connectivity index (χ3v) is 2.21. The molecule has 0 radical (unpaired) electrons. The van der Waals surface area contributed by atoms with Gasteiger partial charge >= 0.3 is 0 Å². The molecular formula is C10H16N4. The monoisotopic (exact) mass is 192 g/mol. The highest BCUT2D eigenvalue weighted by atomic mass is 15.3. The number of nitrogens with two attached hydrogens (primary N) is 2. The molecule has 0 spiro atoms. The molecule has 4 N–H and O–H groups in total. The van der Waals surface area contributed by atoms with Crippen LogP contribution >= 0.6 is 0 Å². The van der Waals surface area contributed by atoms with Gasteiger partial charge in [0.15, 0.2) is 0 Å². The van der Waals surface area contributed by atoms with Gasteiger partial charge in [0.1, 0.15) is 0 Å². The van der Waals surface area contributed by atoms with Crippen molar-refractivity contribution < 1.29 is 0 Å². The van der Waals surface area contributed by atoms with Gasteiger partial charge in [-0.1, -0.05) is 25.1 Å². The average molecular weight is 192 g/mol. The second-order valence-corrected chi connectivity index (χ2v) is 3.03. The van der Waals surface area contributed by atoms with Gasteiger partial charge in [-0.3, -0.25) is 0 Å². The summed E-state index contributed by atoms with van der Waals surface area (Å²) in [6.07, 6.45) is 0.957. The van der Waals surface area contributed by atoms with Crippen molar-refractivity contribution in [3.8, 4) is 0 Å². The van der Waals surface area contributed by atoms with E-state index < -0.39 is 0 Å². The molecule has 0 saturated heterocycles. The number of rotatable bonds is 2. The van der Waals surface area contributed by atoms with E-state index in [2.05, 4.69) is 18.1 Å². The van der Waals surface area contributed by atoms with E-state index in [9.17, 15) is 0 Å². The zero-order valence-electron chi connectivity index (χ0n) is 8.57. The van der Waals surface area contributed by atoms with Crippen molar-refractivity contribution in [1.29, 1.82) is 0 Å². The number of nitrogens with zero attached hydrogens (tertiary/aromatic N) is 2. The summed E-state index contributed by atoms with van der Waals surface area (Å²) in [6, 6.07) is 8.03. The van der Waals surface area contributed by atoms with Crippen LogP contribution in [0.1, 0.15) is 12.5 Å². The van der Waals surface area contributed by atoms with Gasteiger partial charge in [-0.2, -0.15) is 0 Å². The van der Waals surface area contributed by atoms with Gasteiger partial charge < -0.3 is 16.5 Å². The van der Waals surface area contributed by atoms with E-state index in [1.165, 1.54) is 5.56 Å². The van der Waals surface area contributed by atoms with E-state index in [0.717, 1.165) is 12.1 Å². The van der Waals surface area contributed by atoms with Crippen molar-refractivity contribution in [2.45, 2.75) is 13.3 Å². The number of aryl methyl sites for hydroxylation is 1. The van der Waals surface area contributed by atoms with Crippen LogP contribution in [0.5, 0.6) is 0 Å². The van der Waals surface area contributed by atoms with Gasteiger partial charge in [-0.05, 0) is 18.1 Å². The maximum atomic E-state index is 5.62. The summed E-state index contributed by atoms with van der Waals surface area (Å²) in [7, 11) is 1.85. The first-order valence-corrected chi connectivity index (χ1v) is 4.55. The van der Waals surface area contributed by atoms with Gasteiger partial charge in [0.2, 0.25) is 5.96 Å². The van der Waals surface area contributed by atoms with Crippen LogP contribution in [0.3, 0.4) is 0 Å². The Morgan fingerprint density at radius 2 is 2.07 bits per heavy atom. The first-order valence-electron chi connectivity index (χ1n) is 4.55. The van der Waals surface area contributed by atoms with Crippen molar-refractivity contribution in [2.75, 3.05) is 11.9 Å². The normalized spacial score (nSPS) is 11.4. The molecule has 14 heavy (non-hydrogen) atoms. The van der Waals surface area contributed by atoms with E-state index in [4.69, 9.17) is 11.6 Å². The van der Waals surface area contributed by atoms with Gasteiger partial charge in [-0.25, -0.2) is 0 Å². The minimum Gasteiger partial charge on any atom is -0.368 e. The Balaban J connectivity index is 3.05. The van der Waals surface area contributed by atoms with Gasteiger partial charge in [0, 0.05) is 12.7 Å². The quantitative estimate of drug-likeness (QED) is 0.316. The smallest absolute Gasteiger partial charge is 0.217 e. The Morgan fingerprint density at radius 1 is 1.43 bits per heavy atom. The van der Waals surface area contributed by atoms with E-state index >= 15 is 0 Å². The number of benzene rings is 1. The topological polar surface area (TPSA) is 67.6 Å². The molecule has 0 aliphatic carbocycles. The van der Waals surface area contributed by atoms with Crippen LogP contribution in [0.25, 0.3) is 0 Å². The fourth-order valence-electron chi connectivity index (χ4n) is 1.35. The maximum Gasteiger partial charge on any atom is 0.217 e. The van der Waals surface area contributed by atoms with E-state index in [-0.39, 0.29) is 0 Å². The van der Waals surface area contributed by atoms with Crippen molar-refractivity contribution in [3.05, 3.63) is 29.8 Å². The fourth-order valence-corrected chi connectivity index (χ4v) is 1.35. The summed E-state index contributed by atoms with van der Waals surface area (Å²) in [5.41, 5.74) is 7.89. The average Bonchev–Trinajstić information content (AvgIpc) is 2.26. The van der Waals surface area contributed by atoms with Crippen molar-refractivity contribution in [1.82, 2.24) is 0 Å². The third-order valence-electron chi connectivity index (χ3n) is 2.21. The molecule has 4 nitrogen and oxygen atoms in total. The molecule has 4 heteroatoms. The number of hydrazone groups is 1. The Kier molecular flexibility index (Phi) is 3.34. The molecule has 76 valence electrons. The van der Waals surface area contributed by atoms with Crippen LogP contribution in [0.15, 0.2) is 29.4 Å². The SMILES string of the molecule is CCc1ccccc1N(C)/C(N)=N/N. The summed E-state index contributed by atoms with van der Waals surface area (Å²) in [5.74, 6) is 5.43. The summed E-state index contributed by atoms with van der Waals surface area (Å²) in [5, 5.41) is 3.46. The predicted octanol–water partition coefficient (Wildman–Crippen LogP) is 0.874. The highest BCUT2D eigenvalue weighted by molar-refractivity contribution is 5.94. The standard InChI is InChI=1S/C10H16N4/c1-3-8-6-4-5-7-9(8)14(2)10(11)13-12/h4-7H,3,12H2,1-2H3,(H2,11,13). The van der Waals surface area contributed by atoms with Crippen molar-refractivity contribution in [2.24, 2.45) is 16.7 Å². The predicted molar refractivity (Wildman–Crippen MR) is 60.0 cm³/mol. The highest BCUT2D eigenvalue weighted by Crippen LogP contribution is 2.18. The zero-order chi connectivity index (χ0) is 10.6. The molecule has 1 rings (SSSR count). The lowest BCUT2D eigenvalue weighted by Crippen LogP contribution is -2.35. The van der Waals surface area contributed by atoms with Crippen LogP contribution in [0, 0.1) is 0 Å². The minimum absolute atomic E-state index is 0.311. The van der Waals surface area contributed by atoms with E-state index in [1.807, 2.05) is 25.2 Å². The largest absolute Gasteiger partial charge is 0.368 e. The van der Waals surface area contributed by atoms with Gasteiger partial charge in [-0.15, -0.1) is 5.10 Å². The van der Waals surface area contributed by atoms with Gasteiger partial charge in [0.05, 0.1) is 0 Å². The molecule has 0 heterocycles. The highest BCUT2D eigenvalue weighted by Gasteiger charge is 2.07. The summed E-state index contributed by atoms with van der Waals surface area (Å²) in [6.45, 7) is 2.10. The molecule has 0 amide bonds. The van der Waals surface area contributed by atoms with Crippen molar-refractivity contribution >= 4 is 11.6 Å². The molecule has 0 bridgehead atoms. The van der Waals surface area contributed by atoms with Crippen LogP contribution in [-0.2, 0) is 6.42 Å². The Morgan fingerprint density at radius 3 is 2.64 bits per heavy atom. The Hall–Kier alpha value is -1.71. The maximum absolute atomic E-state index is 5.62. The van der Waals surface area contributed by atoms with Gasteiger partial charge in [0.25, 0.3) is 0 Å². The summed E-state index contributed by atoms with van der Waals surface area (Å²) >= 11 is 0. The van der Waals surface area contributed by atoms with Crippen molar-refractivity contribution in [3.63, 3.8) is 0 Å². The molecule has 0 saturated carbocycles.